The molecule has 5 aromatic carbocycles. The molecule has 0 amide bonds. The van der Waals surface area contributed by atoms with Crippen LogP contribution in [0.2, 0.25) is 0 Å². The number of ketones is 2. The van der Waals surface area contributed by atoms with Crippen molar-refractivity contribution in [2.24, 2.45) is 20.5 Å². The molecule has 0 saturated carbocycles. The van der Waals surface area contributed by atoms with Crippen LogP contribution in [0.5, 0.6) is 0 Å². The number of Topliss-reactive ketones (excluding diaryl/α,β-unsaturated/α-hetero) is 2. The summed E-state index contributed by atoms with van der Waals surface area (Å²) < 4.78 is 34.0. The number of carbonyl (C=O) groups is 2. The number of para-hydroxylation sites is 2. The van der Waals surface area contributed by atoms with Crippen molar-refractivity contribution in [1.29, 1.82) is 0 Å². The Morgan fingerprint density at radius 3 is 1.36 bits per heavy atom. The van der Waals surface area contributed by atoms with E-state index >= 15 is 0 Å². The van der Waals surface area contributed by atoms with Crippen LogP contribution in [0.1, 0.15) is 26.3 Å². The van der Waals surface area contributed by atoms with Crippen molar-refractivity contribution in [3.8, 4) is 0 Å². The number of benzene rings is 5. The van der Waals surface area contributed by atoms with E-state index in [9.17, 15) is 9.59 Å². The van der Waals surface area contributed by atoms with Gasteiger partial charge in [0.15, 0.2) is 17.4 Å². The fraction of sp³-hybridized carbons (Fsp3) is 0.0222. The number of carbonyl (C=O) groups excluding carboxylic acids is 2. The maximum absolute atomic E-state index is 12.3. The van der Waals surface area contributed by atoms with E-state index in [0.29, 0.717) is 28.5 Å². The number of allylic oxidation sites excluding steroid dienone is 2. The van der Waals surface area contributed by atoms with E-state index in [2.05, 4.69) is 60.1 Å². The molecule has 0 saturated heterocycles. The Morgan fingerprint density at radius 2 is 0.934 bits per heavy atom. The van der Waals surface area contributed by atoms with Gasteiger partial charge in [0, 0.05) is 29.2 Å². The number of aromatic nitrogens is 2. The van der Waals surface area contributed by atoms with Crippen molar-refractivity contribution < 1.29 is 57.9 Å². The van der Waals surface area contributed by atoms with Crippen LogP contribution in [0, 0.1) is 17.2 Å². The molecule has 0 spiro atoms. The summed E-state index contributed by atoms with van der Waals surface area (Å²) in [6.07, 6.45) is 3.39. The van der Waals surface area contributed by atoms with Crippen LogP contribution in [0.3, 0.4) is 0 Å². The van der Waals surface area contributed by atoms with Gasteiger partial charge in [0.05, 0.1) is 17.1 Å². The van der Waals surface area contributed by atoms with Gasteiger partial charge in [-0.15, -0.1) is 36.4 Å². The Balaban J connectivity index is 0.000000179. The van der Waals surface area contributed by atoms with Gasteiger partial charge in [-0.25, -0.2) is 28.6 Å². The van der Waals surface area contributed by atoms with Crippen molar-refractivity contribution in [2.45, 2.75) is 6.92 Å². The second-order valence-electron chi connectivity index (χ2n) is 12.2. The second kappa shape index (κ2) is 24.2. The minimum Gasteiger partial charge on any atom is -0.652 e. The molecule has 14 nitrogen and oxygen atoms in total. The van der Waals surface area contributed by atoms with E-state index in [1.54, 1.807) is 42.7 Å². The number of hydrogen-bond donors (Lipinski definition) is 1. The number of anilines is 1. The molecule has 306 valence electrons. The third kappa shape index (κ3) is 16.0. The predicted molar refractivity (Wildman–Crippen MR) is 216 cm³/mol. The molecule has 9 rings (SSSR count). The molecular formula is C45H35ClN8O6Ru. The fourth-order valence-corrected chi connectivity index (χ4v) is 5.08. The Morgan fingerprint density at radius 1 is 0.508 bits per heavy atom. The van der Waals surface area contributed by atoms with Crippen molar-refractivity contribution in [1.82, 2.24) is 9.97 Å². The number of azo groups is 2. The normalized spacial score (nSPS) is 13.2. The van der Waals surface area contributed by atoms with E-state index in [0.717, 1.165) is 17.1 Å². The fourth-order valence-electron chi connectivity index (χ4n) is 5.08. The second-order valence-corrected chi connectivity index (χ2v) is 12.9. The van der Waals surface area contributed by atoms with Gasteiger partial charge in [-0.1, -0.05) is 127 Å². The topological polar surface area (TPSA) is 228 Å². The first-order chi connectivity index (χ1) is 29.0. The summed E-state index contributed by atoms with van der Waals surface area (Å²) in [5.74, 6) is 0.859. The number of halogens is 1. The zero-order chi connectivity index (χ0) is 42.6. The first kappa shape index (κ1) is 46.7. The van der Waals surface area contributed by atoms with Gasteiger partial charge in [0.2, 0.25) is 5.78 Å². The van der Waals surface area contributed by atoms with Crippen LogP contribution in [-0.2, 0) is 19.5 Å². The molecule has 0 aliphatic carbocycles. The van der Waals surface area contributed by atoms with Gasteiger partial charge in [-0.3, -0.25) is 9.59 Å². The van der Waals surface area contributed by atoms with Crippen LogP contribution in [0.15, 0.2) is 220 Å². The molecule has 0 radical (unpaired) electrons. The maximum atomic E-state index is 12.3. The Labute approximate surface area is 366 Å². The summed E-state index contributed by atoms with van der Waals surface area (Å²) in [6, 6.07) is 54.8. The molecule has 0 bridgehead atoms. The molecule has 4 heterocycles. The quantitative estimate of drug-likeness (QED) is 0.104. The van der Waals surface area contributed by atoms with Crippen molar-refractivity contribution in [3.05, 3.63) is 222 Å². The van der Waals surface area contributed by atoms with Crippen LogP contribution in [0.25, 0.3) is 5.32 Å². The first-order valence-electron chi connectivity index (χ1n) is 17.9. The molecule has 0 unspecified atom stereocenters. The molecule has 61 heavy (non-hydrogen) atoms. The summed E-state index contributed by atoms with van der Waals surface area (Å²) in [6.45, 7) is 2.08. The summed E-state index contributed by atoms with van der Waals surface area (Å²) in [5, 5.41) is 23.4. The molecule has 16 heteroatoms. The SMILES string of the molecule is Cc1ccccc1.O=C1/C(=C2\Nc3ccccc3C2=O)[N-]c2ccccc21.[O-][Cl+3]([O-])([O-])[O-].[Ru+2].c1ccc(N=Nc2ccccn2)cc1.c1ccc(N=Nc2ccccn2)cc1. The van der Waals surface area contributed by atoms with E-state index in [-0.39, 0.29) is 42.4 Å². The summed E-state index contributed by atoms with van der Waals surface area (Å²) in [5.41, 5.74) is 5.91. The third-order valence-electron chi connectivity index (χ3n) is 7.78. The smallest absolute Gasteiger partial charge is 0.652 e. The van der Waals surface area contributed by atoms with E-state index in [4.69, 9.17) is 18.6 Å². The Kier molecular flexibility index (Phi) is 18.5. The van der Waals surface area contributed by atoms with Gasteiger partial charge >= 0.3 is 19.5 Å². The average Bonchev–Trinajstić information content (AvgIpc) is 3.79. The zero-order valence-corrected chi connectivity index (χ0v) is 34.7. The summed E-state index contributed by atoms with van der Waals surface area (Å²) in [4.78, 5) is 32.8. The average molecular weight is 920 g/mol. The molecule has 2 aliphatic heterocycles. The number of nitrogens with one attached hydrogen (secondary N) is 1. The standard InChI is InChI=1S/C16H10N2O2.2C11H9N3.C7H8.ClHO4.Ru/c19-15-9-5-1-3-7-11(9)17-13(15)14-16(20)10-6-2-4-8-12(10)18-14;2*1-2-6-10(7-3-1)13-14-11-8-4-5-9-12-11;1-7-5-3-2-4-6-7;2-1(3,4)5;/h1-8H,(H2,17,18,19,20);2*1-9H;2-6H,1H3;(H,2,3,4,5);/q;;;;;+2/p-2. The zero-order valence-electron chi connectivity index (χ0n) is 32.2. The van der Waals surface area contributed by atoms with E-state index < -0.39 is 10.2 Å². The van der Waals surface area contributed by atoms with Gasteiger partial charge in [-0.2, -0.15) is 0 Å². The molecule has 7 aromatic rings. The molecule has 2 aliphatic rings. The van der Waals surface area contributed by atoms with Crippen molar-refractivity contribution in [3.63, 3.8) is 0 Å². The van der Waals surface area contributed by atoms with Crippen molar-refractivity contribution in [2.75, 3.05) is 5.32 Å². The molecular weight excluding hydrogens is 885 g/mol. The van der Waals surface area contributed by atoms with Crippen LogP contribution >= 0.6 is 0 Å². The Bertz CT molecular complexity index is 2290. The van der Waals surface area contributed by atoms with Gasteiger partial charge < -0.3 is 10.6 Å². The first-order valence-corrected chi connectivity index (χ1v) is 19.2. The van der Waals surface area contributed by atoms with Crippen LogP contribution in [-0.4, -0.2) is 21.5 Å². The Hall–Kier alpha value is -6.97. The van der Waals surface area contributed by atoms with Gasteiger partial charge in [-0.05, 0) is 67.6 Å². The van der Waals surface area contributed by atoms with Gasteiger partial charge in [0.25, 0.3) is 0 Å². The minimum absolute atomic E-state index is 0. The van der Waals surface area contributed by atoms with E-state index in [1.165, 1.54) is 5.56 Å². The third-order valence-corrected chi connectivity index (χ3v) is 7.78. The largest absolute Gasteiger partial charge is 2.00 e. The number of pyridine rings is 2. The maximum Gasteiger partial charge on any atom is 2.00 e. The summed E-state index contributed by atoms with van der Waals surface area (Å²) >= 11 is 0. The number of rotatable bonds is 4. The molecule has 0 atom stereocenters. The number of hydrogen-bond acceptors (Lipinski definition) is 13. The van der Waals surface area contributed by atoms with Crippen molar-refractivity contribution >= 4 is 46.0 Å². The molecule has 1 N–H and O–H groups in total. The van der Waals surface area contributed by atoms with Gasteiger partial charge in [0.1, 0.15) is 0 Å². The minimum atomic E-state index is -4.94. The number of aryl methyl sites for hydroxylation is 1. The van der Waals surface area contributed by atoms with E-state index in [1.807, 2.05) is 133 Å². The summed E-state index contributed by atoms with van der Waals surface area (Å²) in [7, 11) is -4.94. The number of nitrogens with zero attached hydrogens (tertiary/aromatic N) is 7. The number of fused-ring (bicyclic) bond motifs is 2. The van der Waals surface area contributed by atoms with Crippen LogP contribution < -0.4 is 24.0 Å². The monoisotopic (exact) mass is 920 g/mol. The van der Waals surface area contributed by atoms with Crippen LogP contribution in [0.4, 0.5) is 34.4 Å². The predicted octanol–water partition coefficient (Wildman–Crippen LogP) is 7.64. The molecule has 2 aromatic heterocycles. The molecule has 0 fully saturated rings.